The van der Waals surface area contributed by atoms with Gasteiger partial charge in [-0.05, 0) is 36.8 Å². The van der Waals surface area contributed by atoms with E-state index in [4.69, 9.17) is 17.0 Å². The Hall–Kier alpha value is -1.87. The summed E-state index contributed by atoms with van der Waals surface area (Å²) in [7, 11) is 0. The Morgan fingerprint density at radius 3 is 2.67 bits per heavy atom. The van der Waals surface area contributed by atoms with Crippen LogP contribution < -0.4 is 5.32 Å². The van der Waals surface area contributed by atoms with E-state index in [2.05, 4.69) is 42.6 Å². The molecule has 3 rings (SSSR count). The minimum atomic E-state index is -0.116. The number of nitrogens with one attached hydrogen (secondary N) is 1. The normalized spacial score (nSPS) is 17.6. The molecule has 1 atom stereocenters. The molecule has 2 nitrogen and oxygen atoms in total. The summed E-state index contributed by atoms with van der Waals surface area (Å²) in [6.07, 6.45) is -0.116. The standard InChI is InChI=1S/C15H13NOS/c1-10-7-8-13-12(9-10)14(17-15(18)16-13)11-5-3-2-4-6-11/h2-9,14H,1H3,(H,16,18). The van der Waals surface area contributed by atoms with Crippen molar-refractivity contribution in [2.75, 3.05) is 5.32 Å². The van der Waals surface area contributed by atoms with Crippen LogP contribution in [0.1, 0.15) is 22.8 Å². The molecule has 18 heavy (non-hydrogen) atoms. The van der Waals surface area contributed by atoms with Gasteiger partial charge in [0.05, 0.1) is 0 Å². The van der Waals surface area contributed by atoms with Crippen molar-refractivity contribution >= 4 is 23.1 Å². The minimum Gasteiger partial charge on any atom is -0.458 e. The van der Waals surface area contributed by atoms with Crippen LogP contribution in [0.3, 0.4) is 0 Å². The molecule has 0 fully saturated rings. The first-order valence-electron chi connectivity index (χ1n) is 5.87. The van der Waals surface area contributed by atoms with Crippen LogP contribution in [0.25, 0.3) is 0 Å². The second-order valence-electron chi connectivity index (χ2n) is 4.41. The molecule has 0 aliphatic carbocycles. The van der Waals surface area contributed by atoms with Crippen LogP contribution in [0, 0.1) is 6.92 Å². The molecular weight excluding hydrogens is 242 g/mol. The van der Waals surface area contributed by atoms with Crippen molar-refractivity contribution < 1.29 is 4.74 Å². The van der Waals surface area contributed by atoms with Gasteiger partial charge in [-0.15, -0.1) is 0 Å². The molecule has 0 radical (unpaired) electrons. The van der Waals surface area contributed by atoms with Crippen molar-refractivity contribution in [1.29, 1.82) is 0 Å². The topological polar surface area (TPSA) is 21.3 Å². The first kappa shape index (κ1) is 11.2. The number of hydrogen-bond donors (Lipinski definition) is 1. The average Bonchev–Trinajstić information content (AvgIpc) is 2.39. The first-order chi connectivity index (χ1) is 8.74. The summed E-state index contributed by atoms with van der Waals surface area (Å²) < 4.78 is 5.77. The van der Waals surface area contributed by atoms with Crippen LogP contribution in [-0.4, -0.2) is 5.17 Å². The van der Waals surface area contributed by atoms with Gasteiger partial charge >= 0.3 is 0 Å². The number of hydrogen-bond acceptors (Lipinski definition) is 2. The molecule has 1 N–H and O–H groups in total. The third kappa shape index (κ3) is 1.97. The molecule has 2 aromatic carbocycles. The third-order valence-corrected chi connectivity index (χ3v) is 3.25. The number of rotatable bonds is 1. The Morgan fingerprint density at radius 2 is 1.89 bits per heavy atom. The molecule has 2 aromatic rings. The second kappa shape index (κ2) is 4.42. The first-order valence-corrected chi connectivity index (χ1v) is 6.28. The fraction of sp³-hybridized carbons (Fsp3) is 0.133. The van der Waals surface area contributed by atoms with Gasteiger partial charge in [-0.25, -0.2) is 0 Å². The third-order valence-electron chi connectivity index (χ3n) is 3.05. The van der Waals surface area contributed by atoms with Crippen molar-refractivity contribution in [2.24, 2.45) is 0 Å². The number of anilines is 1. The fourth-order valence-electron chi connectivity index (χ4n) is 2.20. The molecule has 0 spiro atoms. The van der Waals surface area contributed by atoms with Crippen LogP contribution in [-0.2, 0) is 4.74 Å². The van der Waals surface area contributed by atoms with Gasteiger partial charge < -0.3 is 10.1 Å². The molecule has 0 saturated carbocycles. The number of fused-ring (bicyclic) bond motifs is 1. The van der Waals surface area contributed by atoms with Crippen LogP contribution in [0.2, 0.25) is 0 Å². The predicted octanol–water partition coefficient (Wildman–Crippen LogP) is 3.81. The highest BCUT2D eigenvalue weighted by Crippen LogP contribution is 2.35. The van der Waals surface area contributed by atoms with Gasteiger partial charge in [-0.1, -0.05) is 42.0 Å². The Morgan fingerprint density at radius 1 is 1.11 bits per heavy atom. The molecule has 0 saturated heterocycles. The quantitative estimate of drug-likeness (QED) is 0.783. The summed E-state index contributed by atoms with van der Waals surface area (Å²) in [6, 6.07) is 16.4. The van der Waals surface area contributed by atoms with E-state index in [9.17, 15) is 0 Å². The highest BCUT2D eigenvalue weighted by atomic mass is 32.1. The van der Waals surface area contributed by atoms with Gasteiger partial charge in [0.25, 0.3) is 5.17 Å². The molecule has 1 unspecified atom stereocenters. The zero-order chi connectivity index (χ0) is 12.5. The largest absolute Gasteiger partial charge is 0.458 e. The van der Waals surface area contributed by atoms with Crippen molar-refractivity contribution in [3.63, 3.8) is 0 Å². The monoisotopic (exact) mass is 255 g/mol. The molecule has 1 aliphatic heterocycles. The van der Waals surface area contributed by atoms with Gasteiger partial charge in [0.1, 0.15) is 0 Å². The van der Waals surface area contributed by atoms with E-state index in [0.717, 1.165) is 16.8 Å². The summed E-state index contributed by atoms with van der Waals surface area (Å²) in [5, 5.41) is 3.53. The molecule has 0 aromatic heterocycles. The number of benzene rings is 2. The number of ether oxygens (including phenoxy) is 1. The van der Waals surface area contributed by atoms with E-state index >= 15 is 0 Å². The van der Waals surface area contributed by atoms with E-state index in [-0.39, 0.29) is 6.10 Å². The van der Waals surface area contributed by atoms with E-state index in [0.29, 0.717) is 5.17 Å². The lowest BCUT2D eigenvalue weighted by Gasteiger charge is -2.28. The van der Waals surface area contributed by atoms with Crippen molar-refractivity contribution in [3.05, 3.63) is 65.2 Å². The zero-order valence-corrected chi connectivity index (χ0v) is 10.8. The van der Waals surface area contributed by atoms with Crippen LogP contribution in [0.15, 0.2) is 48.5 Å². The lowest BCUT2D eigenvalue weighted by molar-refractivity contribution is 0.234. The van der Waals surface area contributed by atoms with E-state index in [1.807, 2.05) is 18.2 Å². The fourth-order valence-corrected chi connectivity index (χ4v) is 2.40. The van der Waals surface area contributed by atoms with Crippen LogP contribution in [0.5, 0.6) is 0 Å². The molecule has 0 amide bonds. The van der Waals surface area contributed by atoms with Crippen LogP contribution >= 0.6 is 12.2 Å². The van der Waals surface area contributed by atoms with Gasteiger partial charge in [0, 0.05) is 11.3 Å². The second-order valence-corrected chi connectivity index (χ2v) is 4.78. The Kier molecular flexibility index (Phi) is 2.76. The summed E-state index contributed by atoms with van der Waals surface area (Å²) in [5.74, 6) is 0. The highest BCUT2D eigenvalue weighted by molar-refractivity contribution is 7.80. The highest BCUT2D eigenvalue weighted by Gasteiger charge is 2.25. The van der Waals surface area contributed by atoms with Gasteiger partial charge in [-0.3, -0.25) is 0 Å². The molecular formula is C15H13NOS. The molecule has 1 aliphatic rings. The minimum absolute atomic E-state index is 0.116. The average molecular weight is 255 g/mol. The smallest absolute Gasteiger partial charge is 0.262 e. The summed E-state index contributed by atoms with van der Waals surface area (Å²) in [4.78, 5) is 0. The molecule has 0 bridgehead atoms. The molecule has 3 heteroatoms. The maximum Gasteiger partial charge on any atom is 0.262 e. The summed E-state index contributed by atoms with van der Waals surface area (Å²) >= 11 is 5.16. The Balaban J connectivity index is 2.12. The van der Waals surface area contributed by atoms with Gasteiger partial charge in [0.15, 0.2) is 6.10 Å². The Bertz CT molecular complexity index is 595. The SMILES string of the molecule is Cc1ccc2c(c1)C(c1ccccc1)OC(=S)N2. The molecule has 1 heterocycles. The van der Waals surface area contributed by atoms with Crippen LogP contribution in [0.4, 0.5) is 5.69 Å². The Labute approximate surface area is 112 Å². The zero-order valence-electron chi connectivity index (χ0n) is 10.0. The van der Waals surface area contributed by atoms with Crippen molar-refractivity contribution in [2.45, 2.75) is 13.0 Å². The van der Waals surface area contributed by atoms with E-state index in [1.165, 1.54) is 5.56 Å². The van der Waals surface area contributed by atoms with E-state index < -0.39 is 0 Å². The maximum absolute atomic E-state index is 5.77. The predicted molar refractivity (Wildman–Crippen MR) is 76.8 cm³/mol. The lowest BCUT2D eigenvalue weighted by Crippen LogP contribution is -2.25. The lowest BCUT2D eigenvalue weighted by atomic mass is 9.97. The van der Waals surface area contributed by atoms with Crippen molar-refractivity contribution in [1.82, 2.24) is 0 Å². The summed E-state index contributed by atoms with van der Waals surface area (Å²) in [5.41, 5.74) is 4.50. The van der Waals surface area contributed by atoms with Gasteiger partial charge in [-0.2, -0.15) is 0 Å². The maximum atomic E-state index is 5.77. The van der Waals surface area contributed by atoms with Gasteiger partial charge in [0.2, 0.25) is 0 Å². The molecule has 90 valence electrons. The summed E-state index contributed by atoms with van der Waals surface area (Å²) in [6.45, 7) is 2.08. The van der Waals surface area contributed by atoms with E-state index in [1.54, 1.807) is 0 Å². The number of thiocarbonyl (C=S) groups is 1. The number of aryl methyl sites for hydroxylation is 1. The van der Waals surface area contributed by atoms with Crippen molar-refractivity contribution in [3.8, 4) is 0 Å².